The lowest BCUT2D eigenvalue weighted by Gasteiger charge is -2.09. The molecule has 1 unspecified atom stereocenters. The predicted octanol–water partition coefficient (Wildman–Crippen LogP) is 3.23. The summed E-state index contributed by atoms with van der Waals surface area (Å²) in [6, 6.07) is 19.7. The third-order valence-corrected chi connectivity index (χ3v) is 4.92. The third kappa shape index (κ3) is 7.72. The molecule has 0 radical (unpaired) electrons. The molecule has 2 atom stereocenters. The Morgan fingerprint density at radius 3 is 2.06 bits per heavy atom. The molecule has 0 aliphatic rings. The molecule has 0 aliphatic carbocycles. The van der Waals surface area contributed by atoms with Crippen LogP contribution in [0.3, 0.4) is 0 Å². The Labute approximate surface area is 196 Å². The van der Waals surface area contributed by atoms with Crippen LogP contribution >= 0.6 is 0 Å². The van der Waals surface area contributed by atoms with Crippen molar-refractivity contribution in [2.24, 2.45) is 22.2 Å². The Hall–Kier alpha value is -4.24. The highest BCUT2D eigenvalue weighted by Gasteiger charge is 2.16. The topological polar surface area (TPSA) is 165 Å². The van der Waals surface area contributed by atoms with Gasteiger partial charge in [0.25, 0.3) is 0 Å². The summed E-state index contributed by atoms with van der Waals surface area (Å²) < 4.78 is 14.0. The predicted molar refractivity (Wildman–Crippen MR) is 129 cm³/mol. The summed E-state index contributed by atoms with van der Waals surface area (Å²) in [4.78, 5) is 25.2. The lowest BCUT2D eigenvalue weighted by Crippen LogP contribution is -2.32. The highest BCUT2D eigenvalue weighted by molar-refractivity contribution is 5.79. The molecule has 0 saturated carbocycles. The molecular formula is C25H27FN4O4. The molecule has 0 aliphatic heterocycles. The molecule has 0 saturated heterocycles. The van der Waals surface area contributed by atoms with Crippen molar-refractivity contribution in [2.75, 3.05) is 0 Å². The van der Waals surface area contributed by atoms with Gasteiger partial charge in [-0.25, -0.2) is 9.38 Å². The minimum Gasteiger partial charge on any atom is -0.481 e. The van der Waals surface area contributed by atoms with E-state index in [1.807, 2.05) is 30.3 Å². The largest absolute Gasteiger partial charge is 0.481 e. The van der Waals surface area contributed by atoms with Crippen LogP contribution in [-0.4, -0.2) is 34.2 Å². The van der Waals surface area contributed by atoms with E-state index in [0.29, 0.717) is 16.8 Å². The Morgan fingerprint density at radius 2 is 1.56 bits per heavy atom. The van der Waals surface area contributed by atoms with Gasteiger partial charge in [-0.3, -0.25) is 9.59 Å². The quantitative estimate of drug-likeness (QED) is 0.263. The van der Waals surface area contributed by atoms with E-state index in [9.17, 15) is 14.0 Å². The maximum absolute atomic E-state index is 14.0. The fourth-order valence-electron chi connectivity index (χ4n) is 2.99. The van der Waals surface area contributed by atoms with Gasteiger partial charge in [0, 0.05) is 5.56 Å². The molecule has 8 nitrogen and oxygen atoms in total. The number of hydrogen-bond donors (Lipinski definition) is 5. The zero-order valence-electron chi connectivity index (χ0n) is 18.6. The molecular weight excluding hydrogens is 439 g/mol. The van der Waals surface area contributed by atoms with Crippen LogP contribution in [0.15, 0.2) is 77.8 Å². The van der Waals surface area contributed by atoms with E-state index in [0.717, 1.165) is 11.1 Å². The van der Waals surface area contributed by atoms with Gasteiger partial charge < -0.3 is 27.4 Å². The van der Waals surface area contributed by atoms with E-state index in [2.05, 4.69) is 4.99 Å². The van der Waals surface area contributed by atoms with E-state index in [-0.39, 0.29) is 12.4 Å². The van der Waals surface area contributed by atoms with Crippen LogP contribution in [0.2, 0.25) is 0 Å². The number of carbonyl (C=O) groups is 2. The molecule has 9 heteroatoms. The minimum atomic E-state index is -1.02. The van der Waals surface area contributed by atoms with Crippen LogP contribution in [-0.2, 0) is 16.0 Å². The van der Waals surface area contributed by atoms with E-state index < -0.39 is 29.7 Å². The number of carboxylic acids is 2. The maximum Gasteiger partial charge on any atom is 0.320 e. The van der Waals surface area contributed by atoms with Crippen molar-refractivity contribution in [3.63, 3.8) is 0 Å². The second kappa shape index (κ2) is 12.1. The van der Waals surface area contributed by atoms with Crippen molar-refractivity contribution in [1.82, 2.24) is 0 Å². The number of guanidine groups is 1. The van der Waals surface area contributed by atoms with Crippen molar-refractivity contribution in [3.05, 3.63) is 89.7 Å². The number of rotatable bonds is 7. The smallest absolute Gasteiger partial charge is 0.320 e. The normalized spacial score (nSPS) is 12.0. The van der Waals surface area contributed by atoms with Crippen molar-refractivity contribution >= 4 is 23.6 Å². The van der Waals surface area contributed by atoms with Gasteiger partial charge in [0.2, 0.25) is 0 Å². The number of benzene rings is 3. The van der Waals surface area contributed by atoms with Crippen molar-refractivity contribution < 1.29 is 24.2 Å². The Morgan fingerprint density at radius 1 is 0.941 bits per heavy atom. The number of nitrogens with zero attached hydrogens (tertiary/aromatic N) is 1. The van der Waals surface area contributed by atoms with Gasteiger partial charge in [-0.05, 0) is 48.2 Å². The number of halogens is 1. The zero-order valence-corrected chi connectivity index (χ0v) is 18.6. The fourth-order valence-corrected chi connectivity index (χ4v) is 2.99. The van der Waals surface area contributed by atoms with Gasteiger partial charge >= 0.3 is 11.9 Å². The molecule has 0 spiro atoms. The molecule has 3 aromatic rings. The molecule has 34 heavy (non-hydrogen) atoms. The monoisotopic (exact) mass is 466 g/mol. The average Bonchev–Trinajstić information content (AvgIpc) is 2.80. The van der Waals surface area contributed by atoms with E-state index in [1.54, 1.807) is 43.3 Å². The molecule has 0 fully saturated rings. The van der Waals surface area contributed by atoms with Gasteiger partial charge in [0.05, 0.1) is 11.6 Å². The number of nitrogens with two attached hydrogens (primary N) is 3. The molecule has 3 rings (SSSR count). The standard InChI is InChI=1S/C15H13FO2.C10H14N4O2/c1-10(15(17)18)12-7-8-13(14(16)9-12)11-5-3-2-4-6-11;11-8(9(15)16)5-6-1-3-7(4-2-6)14-10(12)13/h2-10H,1H3,(H,17,18);1-4,8H,5,11H2,(H,15,16)(H4,12,13,14)/t;8-/m.0/s1. The van der Waals surface area contributed by atoms with Crippen LogP contribution in [0, 0.1) is 5.82 Å². The first-order valence-electron chi connectivity index (χ1n) is 10.3. The summed E-state index contributed by atoms with van der Waals surface area (Å²) in [6.07, 6.45) is 0.275. The Kier molecular flexibility index (Phi) is 9.27. The summed E-state index contributed by atoms with van der Waals surface area (Å²) in [6.45, 7) is 1.54. The second-order valence-electron chi connectivity index (χ2n) is 7.52. The van der Waals surface area contributed by atoms with Gasteiger partial charge in [0.1, 0.15) is 11.9 Å². The first kappa shape index (κ1) is 26.0. The maximum atomic E-state index is 14.0. The van der Waals surface area contributed by atoms with Gasteiger partial charge in [-0.1, -0.05) is 54.6 Å². The van der Waals surface area contributed by atoms with E-state index in [1.165, 1.54) is 6.07 Å². The molecule has 178 valence electrons. The van der Waals surface area contributed by atoms with E-state index >= 15 is 0 Å². The number of aliphatic carboxylic acids is 2. The Bertz CT molecular complexity index is 1150. The average molecular weight is 467 g/mol. The Balaban J connectivity index is 0.000000242. The van der Waals surface area contributed by atoms with Crippen molar-refractivity contribution in [3.8, 4) is 11.1 Å². The molecule has 8 N–H and O–H groups in total. The molecule has 0 heterocycles. The van der Waals surface area contributed by atoms with Crippen LogP contribution < -0.4 is 17.2 Å². The van der Waals surface area contributed by atoms with Crippen LogP contribution in [0.1, 0.15) is 24.0 Å². The van der Waals surface area contributed by atoms with Crippen LogP contribution in [0.5, 0.6) is 0 Å². The van der Waals surface area contributed by atoms with Gasteiger partial charge in [-0.2, -0.15) is 0 Å². The van der Waals surface area contributed by atoms with Gasteiger partial charge in [0.15, 0.2) is 5.96 Å². The molecule has 0 amide bonds. The van der Waals surface area contributed by atoms with Crippen molar-refractivity contribution in [2.45, 2.75) is 25.3 Å². The number of aliphatic imine (C=N–C) groups is 1. The molecule has 0 bridgehead atoms. The highest BCUT2D eigenvalue weighted by Crippen LogP contribution is 2.26. The summed E-state index contributed by atoms with van der Waals surface area (Å²) in [5.74, 6) is -3.10. The minimum absolute atomic E-state index is 0.0185. The second-order valence-corrected chi connectivity index (χ2v) is 7.52. The van der Waals surface area contributed by atoms with Crippen molar-refractivity contribution in [1.29, 1.82) is 0 Å². The van der Waals surface area contributed by atoms with E-state index in [4.69, 9.17) is 27.4 Å². The summed E-state index contributed by atoms with van der Waals surface area (Å²) in [5, 5.41) is 17.5. The van der Waals surface area contributed by atoms with Gasteiger partial charge in [-0.15, -0.1) is 0 Å². The summed E-state index contributed by atoms with van der Waals surface area (Å²) in [5.41, 5.74) is 19.0. The summed E-state index contributed by atoms with van der Waals surface area (Å²) in [7, 11) is 0. The molecule has 0 aromatic heterocycles. The fraction of sp³-hybridized carbons (Fsp3) is 0.160. The number of carboxylic acid groups (broad SMARTS) is 2. The van der Waals surface area contributed by atoms with Crippen LogP contribution in [0.25, 0.3) is 11.1 Å². The lowest BCUT2D eigenvalue weighted by atomic mass is 9.97. The SMILES string of the molecule is CC(C(=O)O)c1ccc(-c2ccccc2)c(F)c1.NC(N)=Nc1ccc(C[C@H](N)C(=O)O)cc1. The highest BCUT2D eigenvalue weighted by atomic mass is 19.1. The number of hydrogen-bond acceptors (Lipinski definition) is 4. The first-order chi connectivity index (χ1) is 16.1. The lowest BCUT2D eigenvalue weighted by molar-refractivity contribution is -0.139. The first-order valence-corrected chi connectivity index (χ1v) is 10.3. The summed E-state index contributed by atoms with van der Waals surface area (Å²) >= 11 is 0. The third-order valence-electron chi connectivity index (χ3n) is 4.92. The molecule has 3 aromatic carbocycles. The van der Waals surface area contributed by atoms with Crippen LogP contribution in [0.4, 0.5) is 10.1 Å². The zero-order chi connectivity index (χ0) is 25.3.